The molecule has 0 spiro atoms. The zero-order chi connectivity index (χ0) is 17.0. The van der Waals surface area contributed by atoms with E-state index >= 15 is 0 Å². The lowest BCUT2D eigenvalue weighted by Gasteiger charge is -2.19. The molecule has 2 rings (SSSR count). The number of carbonyl (C=O) groups is 1. The number of methoxy groups -OCH3 is 1. The molecule has 0 saturated heterocycles. The molecular weight excluding hydrogens is 297 g/mol. The van der Waals surface area contributed by atoms with Crippen LogP contribution in [0.2, 0.25) is 0 Å². The Labute approximate surface area is 135 Å². The monoisotopic (exact) mass is 317 g/mol. The Balaban J connectivity index is 2.37. The van der Waals surface area contributed by atoms with E-state index in [0.717, 1.165) is 0 Å². The van der Waals surface area contributed by atoms with E-state index in [1.807, 2.05) is 0 Å². The van der Waals surface area contributed by atoms with E-state index < -0.39 is 6.10 Å². The molecule has 0 fully saturated rings. The Morgan fingerprint density at radius 3 is 2.39 bits per heavy atom. The number of ether oxygens (including phenoxy) is 2. The molecule has 122 valence electrons. The van der Waals surface area contributed by atoms with E-state index in [1.165, 1.54) is 18.1 Å². The highest BCUT2D eigenvalue weighted by molar-refractivity contribution is 5.80. The molecule has 4 nitrogen and oxygen atoms in total. The summed E-state index contributed by atoms with van der Waals surface area (Å²) in [5, 5.41) is 0. The van der Waals surface area contributed by atoms with E-state index in [9.17, 15) is 9.18 Å². The summed E-state index contributed by atoms with van der Waals surface area (Å²) in [4.78, 5) is 13.4. The second kappa shape index (κ2) is 7.13. The number of amides is 1. The highest BCUT2D eigenvalue weighted by atomic mass is 19.1. The Morgan fingerprint density at radius 2 is 1.78 bits per heavy atom. The Bertz CT molecular complexity index is 700. The van der Waals surface area contributed by atoms with Gasteiger partial charge in [0, 0.05) is 25.7 Å². The van der Waals surface area contributed by atoms with Crippen molar-refractivity contribution >= 4 is 5.91 Å². The van der Waals surface area contributed by atoms with E-state index in [1.54, 1.807) is 57.4 Å². The van der Waals surface area contributed by atoms with E-state index in [0.29, 0.717) is 22.6 Å². The highest BCUT2D eigenvalue weighted by Gasteiger charge is 2.17. The quantitative estimate of drug-likeness (QED) is 0.849. The molecule has 0 N–H and O–H groups in total. The first-order chi connectivity index (χ1) is 10.9. The van der Waals surface area contributed by atoms with E-state index in [2.05, 4.69) is 0 Å². The van der Waals surface area contributed by atoms with Crippen LogP contribution in [0.15, 0.2) is 42.5 Å². The molecule has 0 aromatic heterocycles. The number of carbonyl (C=O) groups excluding carboxylic acids is 1. The van der Waals surface area contributed by atoms with Crippen molar-refractivity contribution in [2.45, 2.75) is 13.0 Å². The third kappa shape index (κ3) is 4.00. The van der Waals surface area contributed by atoms with Gasteiger partial charge in [-0.3, -0.25) is 4.79 Å². The molecule has 0 aliphatic rings. The van der Waals surface area contributed by atoms with Gasteiger partial charge in [-0.2, -0.15) is 0 Å². The second-order valence-electron chi connectivity index (χ2n) is 5.37. The molecule has 2 aromatic carbocycles. The third-order valence-corrected chi connectivity index (χ3v) is 3.40. The first-order valence-corrected chi connectivity index (χ1v) is 7.24. The minimum absolute atomic E-state index is 0.153. The van der Waals surface area contributed by atoms with Crippen LogP contribution in [0.5, 0.6) is 11.5 Å². The SMILES string of the molecule is COc1cc(OC(C)C(=O)N(C)C)cc(-c2ccccc2F)c1. The summed E-state index contributed by atoms with van der Waals surface area (Å²) in [6, 6.07) is 11.6. The van der Waals surface area contributed by atoms with Gasteiger partial charge < -0.3 is 14.4 Å². The first kappa shape index (κ1) is 16.8. The van der Waals surface area contributed by atoms with Gasteiger partial charge in [-0.1, -0.05) is 18.2 Å². The van der Waals surface area contributed by atoms with Crippen molar-refractivity contribution < 1.29 is 18.7 Å². The van der Waals surface area contributed by atoms with Gasteiger partial charge in [0.15, 0.2) is 6.10 Å². The minimum atomic E-state index is -0.648. The predicted octanol–water partition coefficient (Wildman–Crippen LogP) is 3.36. The summed E-state index contributed by atoms with van der Waals surface area (Å²) in [5.41, 5.74) is 1.07. The predicted molar refractivity (Wildman–Crippen MR) is 87.2 cm³/mol. The molecule has 0 bridgehead atoms. The van der Waals surface area contributed by atoms with Crippen molar-refractivity contribution in [2.75, 3.05) is 21.2 Å². The number of hydrogen-bond acceptors (Lipinski definition) is 3. The van der Waals surface area contributed by atoms with Crippen LogP contribution in [0, 0.1) is 5.82 Å². The van der Waals surface area contributed by atoms with Crippen molar-refractivity contribution in [1.82, 2.24) is 4.90 Å². The Morgan fingerprint density at radius 1 is 1.13 bits per heavy atom. The molecule has 0 aliphatic heterocycles. The van der Waals surface area contributed by atoms with Gasteiger partial charge in [-0.05, 0) is 30.7 Å². The van der Waals surface area contributed by atoms with Crippen LogP contribution in [0.4, 0.5) is 4.39 Å². The first-order valence-electron chi connectivity index (χ1n) is 7.24. The molecule has 0 heterocycles. The van der Waals surface area contributed by atoms with Crippen molar-refractivity contribution in [2.24, 2.45) is 0 Å². The largest absolute Gasteiger partial charge is 0.497 e. The highest BCUT2D eigenvalue weighted by Crippen LogP contribution is 2.31. The maximum atomic E-state index is 14.0. The average Bonchev–Trinajstić information content (AvgIpc) is 2.53. The normalized spacial score (nSPS) is 11.7. The van der Waals surface area contributed by atoms with E-state index in [-0.39, 0.29) is 11.7 Å². The van der Waals surface area contributed by atoms with Crippen LogP contribution in [0.3, 0.4) is 0 Å². The van der Waals surface area contributed by atoms with Gasteiger partial charge in [0.05, 0.1) is 7.11 Å². The summed E-state index contributed by atoms with van der Waals surface area (Å²) in [6.07, 6.45) is -0.648. The molecule has 0 radical (unpaired) electrons. The van der Waals surface area contributed by atoms with Crippen LogP contribution in [0.1, 0.15) is 6.92 Å². The number of nitrogens with zero attached hydrogens (tertiary/aromatic N) is 1. The number of hydrogen-bond donors (Lipinski definition) is 0. The number of benzene rings is 2. The molecule has 0 aliphatic carbocycles. The number of likely N-dealkylation sites (N-methyl/N-ethyl adjacent to an activating group) is 1. The fraction of sp³-hybridized carbons (Fsp3) is 0.278. The van der Waals surface area contributed by atoms with Gasteiger partial charge in [0.1, 0.15) is 17.3 Å². The fourth-order valence-corrected chi connectivity index (χ4v) is 2.23. The van der Waals surface area contributed by atoms with Crippen LogP contribution in [0.25, 0.3) is 11.1 Å². The lowest BCUT2D eigenvalue weighted by atomic mass is 10.0. The summed E-state index contributed by atoms with van der Waals surface area (Å²) in [5.74, 6) is 0.500. The average molecular weight is 317 g/mol. The lowest BCUT2D eigenvalue weighted by molar-refractivity contribution is -0.135. The van der Waals surface area contributed by atoms with Gasteiger partial charge in [0.25, 0.3) is 5.91 Å². The maximum absolute atomic E-state index is 14.0. The molecule has 0 saturated carbocycles. The van der Waals surface area contributed by atoms with Gasteiger partial charge in [0.2, 0.25) is 0 Å². The van der Waals surface area contributed by atoms with Gasteiger partial charge in [-0.15, -0.1) is 0 Å². The Kier molecular flexibility index (Phi) is 5.21. The number of rotatable bonds is 5. The van der Waals surface area contributed by atoms with Crippen molar-refractivity contribution in [3.05, 3.63) is 48.3 Å². The topological polar surface area (TPSA) is 38.8 Å². The molecule has 1 atom stereocenters. The molecule has 2 aromatic rings. The Hall–Kier alpha value is -2.56. The fourth-order valence-electron chi connectivity index (χ4n) is 2.23. The summed E-state index contributed by atoms with van der Waals surface area (Å²) in [6.45, 7) is 1.67. The third-order valence-electron chi connectivity index (χ3n) is 3.40. The lowest BCUT2D eigenvalue weighted by Crippen LogP contribution is -2.35. The molecule has 23 heavy (non-hydrogen) atoms. The van der Waals surface area contributed by atoms with Crippen LogP contribution < -0.4 is 9.47 Å². The van der Waals surface area contributed by atoms with Crippen LogP contribution in [-0.2, 0) is 4.79 Å². The minimum Gasteiger partial charge on any atom is -0.497 e. The van der Waals surface area contributed by atoms with Gasteiger partial charge in [-0.25, -0.2) is 4.39 Å². The van der Waals surface area contributed by atoms with Crippen molar-refractivity contribution in [1.29, 1.82) is 0 Å². The molecule has 1 unspecified atom stereocenters. The summed E-state index contributed by atoms with van der Waals surface area (Å²) < 4.78 is 24.9. The van der Waals surface area contributed by atoms with Crippen LogP contribution in [-0.4, -0.2) is 38.1 Å². The van der Waals surface area contributed by atoms with Gasteiger partial charge >= 0.3 is 0 Å². The molecule has 1 amide bonds. The zero-order valence-corrected chi connectivity index (χ0v) is 13.7. The second-order valence-corrected chi connectivity index (χ2v) is 5.37. The van der Waals surface area contributed by atoms with Crippen molar-refractivity contribution in [3.63, 3.8) is 0 Å². The zero-order valence-electron chi connectivity index (χ0n) is 13.7. The summed E-state index contributed by atoms with van der Waals surface area (Å²) >= 11 is 0. The maximum Gasteiger partial charge on any atom is 0.262 e. The smallest absolute Gasteiger partial charge is 0.262 e. The molecule has 5 heteroatoms. The summed E-state index contributed by atoms with van der Waals surface area (Å²) in [7, 11) is 4.86. The standard InChI is InChI=1S/C18H20FNO3/c1-12(18(21)20(2)3)23-15-10-13(9-14(11-15)22-4)16-7-5-6-8-17(16)19/h5-12H,1-4H3. The van der Waals surface area contributed by atoms with E-state index in [4.69, 9.17) is 9.47 Å². The number of halogens is 1. The van der Waals surface area contributed by atoms with Crippen LogP contribution >= 0.6 is 0 Å². The molecular formula is C18H20FNO3. The van der Waals surface area contributed by atoms with Crippen molar-refractivity contribution in [3.8, 4) is 22.6 Å².